The first-order chi connectivity index (χ1) is 15.4. The standard InChI is InChI=1S/C22H22N8O2/c1-13(2)30-12-25-28-21(30)17-9-5-8-16(26-17)19-14(20(23)31)6-4-7-15(19)22(32)27-18-10-24-11-29(18)3/h4-13H,1-3H3,(H2,23,31)(H,27,32). The molecule has 3 N–H and O–H groups in total. The lowest BCUT2D eigenvalue weighted by atomic mass is 9.96. The molecular weight excluding hydrogens is 408 g/mol. The Hall–Kier alpha value is -4.34. The minimum Gasteiger partial charge on any atom is -0.366 e. The molecule has 0 unspecified atom stereocenters. The van der Waals surface area contributed by atoms with E-state index in [2.05, 4.69) is 20.5 Å². The molecule has 0 aliphatic rings. The Morgan fingerprint density at radius 2 is 1.75 bits per heavy atom. The number of amides is 2. The van der Waals surface area contributed by atoms with E-state index in [4.69, 9.17) is 10.7 Å². The van der Waals surface area contributed by atoms with Gasteiger partial charge < -0.3 is 20.2 Å². The molecule has 0 bridgehead atoms. The second-order valence-electron chi connectivity index (χ2n) is 7.50. The van der Waals surface area contributed by atoms with Gasteiger partial charge in [-0.1, -0.05) is 12.1 Å². The van der Waals surface area contributed by atoms with Crippen LogP contribution in [0.15, 0.2) is 55.2 Å². The minimum atomic E-state index is -0.660. The molecule has 0 fully saturated rings. The van der Waals surface area contributed by atoms with Crippen molar-refractivity contribution in [1.82, 2.24) is 29.3 Å². The highest BCUT2D eigenvalue weighted by molar-refractivity contribution is 6.12. The normalized spacial score (nSPS) is 11.0. The lowest BCUT2D eigenvalue weighted by Crippen LogP contribution is -2.19. The topological polar surface area (TPSA) is 134 Å². The maximum atomic E-state index is 13.1. The number of imidazole rings is 1. The van der Waals surface area contributed by atoms with Gasteiger partial charge in [0.05, 0.1) is 18.2 Å². The van der Waals surface area contributed by atoms with Crippen molar-refractivity contribution in [2.45, 2.75) is 19.9 Å². The van der Waals surface area contributed by atoms with Crippen LogP contribution in [0.1, 0.15) is 40.6 Å². The molecule has 0 radical (unpaired) electrons. The maximum absolute atomic E-state index is 13.1. The third-order valence-corrected chi connectivity index (χ3v) is 5.00. The molecule has 0 atom stereocenters. The Labute approximate surface area is 184 Å². The minimum absolute atomic E-state index is 0.128. The molecule has 0 saturated heterocycles. The highest BCUT2D eigenvalue weighted by atomic mass is 16.2. The second-order valence-corrected chi connectivity index (χ2v) is 7.50. The van der Waals surface area contributed by atoms with Crippen molar-refractivity contribution in [3.8, 4) is 22.8 Å². The number of hydrogen-bond acceptors (Lipinski definition) is 6. The quantitative estimate of drug-likeness (QED) is 0.483. The molecule has 162 valence electrons. The van der Waals surface area contributed by atoms with Crippen molar-refractivity contribution in [2.75, 3.05) is 5.32 Å². The zero-order valence-corrected chi connectivity index (χ0v) is 17.9. The molecule has 0 aliphatic heterocycles. The fraction of sp³-hybridized carbons (Fsp3) is 0.182. The Morgan fingerprint density at radius 3 is 2.44 bits per heavy atom. The summed E-state index contributed by atoms with van der Waals surface area (Å²) in [6.45, 7) is 4.03. The van der Waals surface area contributed by atoms with Crippen LogP contribution in [0.3, 0.4) is 0 Å². The van der Waals surface area contributed by atoms with Gasteiger partial charge in [-0.3, -0.25) is 9.59 Å². The van der Waals surface area contributed by atoms with Crippen LogP contribution in [0.2, 0.25) is 0 Å². The number of aryl methyl sites for hydroxylation is 1. The van der Waals surface area contributed by atoms with Gasteiger partial charge in [-0.05, 0) is 38.1 Å². The number of carbonyl (C=O) groups is 2. The van der Waals surface area contributed by atoms with Gasteiger partial charge in [0.2, 0.25) is 5.91 Å². The third-order valence-electron chi connectivity index (χ3n) is 5.00. The molecule has 4 rings (SSSR count). The monoisotopic (exact) mass is 430 g/mol. The number of rotatable bonds is 6. The lowest BCUT2D eigenvalue weighted by Gasteiger charge is -2.14. The molecule has 32 heavy (non-hydrogen) atoms. The third kappa shape index (κ3) is 3.85. The van der Waals surface area contributed by atoms with Crippen LogP contribution in [0.5, 0.6) is 0 Å². The molecule has 0 aliphatic carbocycles. The number of nitrogens with one attached hydrogen (secondary N) is 1. The first-order valence-electron chi connectivity index (χ1n) is 9.94. The summed E-state index contributed by atoms with van der Waals surface area (Å²) >= 11 is 0. The van der Waals surface area contributed by atoms with Crippen molar-refractivity contribution in [2.24, 2.45) is 12.8 Å². The number of nitrogens with zero attached hydrogens (tertiary/aromatic N) is 6. The summed E-state index contributed by atoms with van der Waals surface area (Å²) in [5.74, 6) is 0.0217. The first-order valence-corrected chi connectivity index (χ1v) is 9.94. The van der Waals surface area contributed by atoms with Gasteiger partial charge in [-0.15, -0.1) is 10.2 Å². The summed E-state index contributed by atoms with van der Waals surface area (Å²) in [4.78, 5) is 34.1. The van der Waals surface area contributed by atoms with Gasteiger partial charge in [0, 0.05) is 29.8 Å². The van der Waals surface area contributed by atoms with Gasteiger partial charge >= 0.3 is 0 Å². The Bertz CT molecular complexity index is 1300. The van der Waals surface area contributed by atoms with Gasteiger partial charge in [0.15, 0.2) is 5.82 Å². The average molecular weight is 430 g/mol. The highest BCUT2D eigenvalue weighted by Gasteiger charge is 2.22. The zero-order chi connectivity index (χ0) is 22.8. The summed E-state index contributed by atoms with van der Waals surface area (Å²) in [7, 11) is 1.76. The number of benzene rings is 1. The molecule has 3 heterocycles. The molecule has 2 amide bonds. The number of hydrogen-bond donors (Lipinski definition) is 2. The summed E-state index contributed by atoms with van der Waals surface area (Å²) < 4.78 is 3.56. The predicted molar refractivity (Wildman–Crippen MR) is 119 cm³/mol. The van der Waals surface area contributed by atoms with Crippen LogP contribution in [-0.2, 0) is 7.05 Å². The lowest BCUT2D eigenvalue weighted by molar-refractivity contribution is 0.100. The van der Waals surface area contributed by atoms with E-state index in [0.29, 0.717) is 28.6 Å². The fourth-order valence-corrected chi connectivity index (χ4v) is 3.39. The van der Waals surface area contributed by atoms with E-state index >= 15 is 0 Å². The summed E-state index contributed by atoms with van der Waals surface area (Å²) in [5, 5.41) is 11.0. The smallest absolute Gasteiger partial charge is 0.257 e. The number of primary amides is 1. The van der Waals surface area contributed by atoms with E-state index in [-0.39, 0.29) is 17.2 Å². The van der Waals surface area contributed by atoms with Crippen molar-refractivity contribution < 1.29 is 9.59 Å². The maximum Gasteiger partial charge on any atom is 0.257 e. The molecule has 0 spiro atoms. The van der Waals surface area contributed by atoms with Crippen molar-refractivity contribution in [3.05, 3.63) is 66.4 Å². The number of nitrogens with two attached hydrogens (primary N) is 1. The van der Waals surface area contributed by atoms with Crippen LogP contribution in [0.4, 0.5) is 5.82 Å². The van der Waals surface area contributed by atoms with E-state index in [0.717, 1.165) is 0 Å². The molecular formula is C22H22N8O2. The van der Waals surface area contributed by atoms with Crippen LogP contribution in [0, 0.1) is 0 Å². The van der Waals surface area contributed by atoms with Crippen LogP contribution >= 0.6 is 0 Å². The summed E-state index contributed by atoms with van der Waals surface area (Å²) in [5.41, 5.74) is 7.42. The molecule has 10 nitrogen and oxygen atoms in total. The van der Waals surface area contributed by atoms with E-state index in [1.165, 1.54) is 6.20 Å². The largest absolute Gasteiger partial charge is 0.366 e. The SMILES string of the molecule is CC(C)n1cnnc1-c1cccc(-c2c(C(N)=O)cccc2C(=O)Nc2cncn2C)n1. The van der Waals surface area contributed by atoms with Crippen molar-refractivity contribution >= 4 is 17.6 Å². The number of aromatic nitrogens is 6. The number of pyridine rings is 1. The second kappa shape index (κ2) is 8.42. The number of carbonyl (C=O) groups excluding carboxylic acids is 2. The molecule has 3 aromatic heterocycles. The van der Waals surface area contributed by atoms with Crippen LogP contribution < -0.4 is 11.1 Å². The van der Waals surface area contributed by atoms with Crippen molar-refractivity contribution in [3.63, 3.8) is 0 Å². The predicted octanol–water partition coefficient (Wildman–Crippen LogP) is 2.67. The average Bonchev–Trinajstić information content (AvgIpc) is 3.43. The van der Waals surface area contributed by atoms with Gasteiger partial charge in [0.25, 0.3) is 5.91 Å². The van der Waals surface area contributed by atoms with E-state index < -0.39 is 11.8 Å². The fourth-order valence-electron chi connectivity index (χ4n) is 3.39. The molecule has 1 aromatic carbocycles. The highest BCUT2D eigenvalue weighted by Crippen LogP contribution is 2.29. The van der Waals surface area contributed by atoms with Crippen LogP contribution in [-0.4, -0.2) is 41.1 Å². The van der Waals surface area contributed by atoms with E-state index in [1.54, 1.807) is 60.7 Å². The van der Waals surface area contributed by atoms with Gasteiger partial charge in [0.1, 0.15) is 17.8 Å². The first kappa shape index (κ1) is 20.9. The zero-order valence-electron chi connectivity index (χ0n) is 17.9. The van der Waals surface area contributed by atoms with E-state index in [9.17, 15) is 9.59 Å². The molecule has 0 saturated carbocycles. The van der Waals surface area contributed by atoms with Crippen LogP contribution in [0.25, 0.3) is 22.8 Å². The Kier molecular flexibility index (Phi) is 5.50. The molecule has 10 heteroatoms. The number of anilines is 1. The Morgan fingerprint density at radius 1 is 1.03 bits per heavy atom. The van der Waals surface area contributed by atoms with Gasteiger partial charge in [-0.25, -0.2) is 9.97 Å². The van der Waals surface area contributed by atoms with Crippen molar-refractivity contribution in [1.29, 1.82) is 0 Å². The Balaban J connectivity index is 1.84. The van der Waals surface area contributed by atoms with E-state index in [1.807, 2.05) is 18.4 Å². The molecule has 4 aromatic rings. The summed E-state index contributed by atoms with van der Waals surface area (Å²) in [6, 6.07) is 10.3. The summed E-state index contributed by atoms with van der Waals surface area (Å²) in [6.07, 6.45) is 4.75. The van der Waals surface area contributed by atoms with Gasteiger partial charge in [-0.2, -0.15) is 0 Å².